The summed E-state index contributed by atoms with van der Waals surface area (Å²) in [4.78, 5) is 28.7. The topological polar surface area (TPSA) is 70.5 Å². The Bertz CT molecular complexity index is 763. The number of halogens is 1. The average molecular weight is 314 g/mol. The van der Waals surface area contributed by atoms with Crippen molar-refractivity contribution in [1.82, 2.24) is 9.88 Å². The number of likely N-dealkylation sites (tertiary alicyclic amines) is 1. The summed E-state index contributed by atoms with van der Waals surface area (Å²) in [6, 6.07) is 10.7. The molecule has 23 heavy (non-hydrogen) atoms. The summed E-state index contributed by atoms with van der Waals surface area (Å²) in [5.41, 5.74) is 1.84. The second-order valence-electron chi connectivity index (χ2n) is 5.44. The average Bonchev–Trinajstić information content (AvgIpc) is 2.89. The molecule has 0 spiro atoms. The highest BCUT2D eigenvalue weighted by Crippen LogP contribution is 2.21. The van der Waals surface area contributed by atoms with Gasteiger partial charge in [-0.25, -0.2) is 9.18 Å². The van der Waals surface area contributed by atoms with Crippen LogP contribution in [0, 0.1) is 5.82 Å². The smallest absolute Gasteiger partial charge is 0.407 e. The molecule has 3 rings (SSSR count). The number of nitrogens with zero attached hydrogens (tertiary/aromatic N) is 2. The Balaban J connectivity index is 1.85. The molecule has 2 heterocycles. The van der Waals surface area contributed by atoms with E-state index in [4.69, 9.17) is 5.11 Å². The maximum Gasteiger partial charge on any atom is 0.407 e. The zero-order valence-electron chi connectivity index (χ0n) is 12.3. The molecule has 1 aromatic carbocycles. The molecule has 5 nitrogen and oxygen atoms in total. The summed E-state index contributed by atoms with van der Waals surface area (Å²) >= 11 is 0. The van der Waals surface area contributed by atoms with Gasteiger partial charge in [-0.05, 0) is 24.3 Å². The number of amides is 1. The van der Waals surface area contributed by atoms with Gasteiger partial charge in [0, 0.05) is 30.6 Å². The fourth-order valence-electron chi connectivity index (χ4n) is 2.78. The minimum atomic E-state index is -1.10. The van der Waals surface area contributed by atoms with Crippen LogP contribution in [-0.4, -0.2) is 39.5 Å². The number of carbonyl (C=O) groups is 2. The van der Waals surface area contributed by atoms with E-state index in [0.717, 1.165) is 4.90 Å². The monoisotopic (exact) mass is 314 g/mol. The Kier molecular flexibility index (Phi) is 4.06. The van der Waals surface area contributed by atoms with Crippen LogP contribution in [0.25, 0.3) is 11.3 Å². The lowest BCUT2D eigenvalue weighted by atomic mass is 10.1. The minimum absolute atomic E-state index is 0.0923. The van der Waals surface area contributed by atoms with E-state index in [1.807, 2.05) is 0 Å². The molecule has 1 aliphatic rings. The van der Waals surface area contributed by atoms with E-state index in [0.29, 0.717) is 17.0 Å². The van der Waals surface area contributed by atoms with E-state index < -0.39 is 12.1 Å². The summed E-state index contributed by atoms with van der Waals surface area (Å²) in [5, 5.41) is 9.15. The van der Waals surface area contributed by atoms with Crippen LogP contribution in [0.15, 0.2) is 42.5 Å². The molecule has 1 N–H and O–H groups in total. The standard InChI is InChI=1S/C17H15FN2O3/c18-12-4-1-3-11(9-12)14-6-2-5-13(19-14)10-15-16(21)7-8-20(15)17(22)23/h1-6,9,15H,7-8,10H2,(H,22,23). The van der Waals surface area contributed by atoms with Crippen molar-refractivity contribution < 1.29 is 19.1 Å². The number of pyridine rings is 1. The third kappa shape index (κ3) is 3.21. The van der Waals surface area contributed by atoms with Crippen molar-refractivity contribution in [3.05, 3.63) is 54.0 Å². The molecular weight excluding hydrogens is 299 g/mol. The predicted molar refractivity (Wildman–Crippen MR) is 81.5 cm³/mol. The van der Waals surface area contributed by atoms with Crippen LogP contribution >= 0.6 is 0 Å². The quantitative estimate of drug-likeness (QED) is 0.945. The third-order valence-corrected chi connectivity index (χ3v) is 3.92. The van der Waals surface area contributed by atoms with Gasteiger partial charge in [-0.15, -0.1) is 0 Å². The van der Waals surface area contributed by atoms with Crippen LogP contribution in [0.4, 0.5) is 9.18 Å². The molecule has 1 fully saturated rings. The van der Waals surface area contributed by atoms with Crippen molar-refractivity contribution in [3.63, 3.8) is 0 Å². The van der Waals surface area contributed by atoms with Gasteiger partial charge in [0.15, 0.2) is 5.78 Å². The Labute approximate surface area is 132 Å². The normalized spacial score (nSPS) is 17.5. The van der Waals surface area contributed by atoms with Gasteiger partial charge >= 0.3 is 6.09 Å². The van der Waals surface area contributed by atoms with Gasteiger partial charge in [0.05, 0.1) is 11.7 Å². The maximum absolute atomic E-state index is 13.3. The Hall–Kier alpha value is -2.76. The van der Waals surface area contributed by atoms with Gasteiger partial charge < -0.3 is 5.11 Å². The van der Waals surface area contributed by atoms with Crippen molar-refractivity contribution in [2.75, 3.05) is 6.54 Å². The number of carbonyl (C=O) groups excluding carboxylic acids is 1. The largest absolute Gasteiger partial charge is 0.465 e. The van der Waals surface area contributed by atoms with E-state index in [1.165, 1.54) is 12.1 Å². The molecule has 6 heteroatoms. The summed E-state index contributed by atoms with van der Waals surface area (Å²) in [5.74, 6) is -0.442. The van der Waals surface area contributed by atoms with Gasteiger partial charge in [0.1, 0.15) is 5.82 Å². The number of hydrogen-bond donors (Lipinski definition) is 1. The van der Waals surface area contributed by atoms with Crippen molar-refractivity contribution in [2.24, 2.45) is 0 Å². The molecule has 1 aliphatic heterocycles. The Morgan fingerprint density at radius 1 is 1.30 bits per heavy atom. The van der Waals surface area contributed by atoms with Crippen LogP contribution < -0.4 is 0 Å². The van der Waals surface area contributed by atoms with E-state index >= 15 is 0 Å². The Morgan fingerprint density at radius 2 is 2.09 bits per heavy atom. The van der Waals surface area contributed by atoms with Crippen LogP contribution in [-0.2, 0) is 11.2 Å². The van der Waals surface area contributed by atoms with E-state index in [1.54, 1.807) is 30.3 Å². The molecule has 1 unspecified atom stereocenters. The predicted octanol–water partition coefficient (Wildman–Crippen LogP) is 2.75. The summed E-state index contributed by atoms with van der Waals surface area (Å²) in [6.07, 6.45) is -0.628. The zero-order valence-corrected chi connectivity index (χ0v) is 12.3. The summed E-state index contributed by atoms with van der Waals surface area (Å²) in [7, 11) is 0. The first kappa shape index (κ1) is 15.1. The molecule has 1 aromatic heterocycles. The second kappa shape index (κ2) is 6.16. The number of hydrogen-bond acceptors (Lipinski definition) is 3. The number of rotatable bonds is 3. The van der Waals surface area contributed by atoms with Crippen molar-refractivity contribution >= 4 is 11.9 Å². The van der Waals surface area contributed by atoms with Crippen LogP contribution in [0.1, 0.15) is 12.1 Å². The lowest BCUT2D eigenvalue weighted by Gasteiger charge is -2.19. The molecule has 1 atom stereocenters. The Morgan fingerprint density at radius 3 is 2.83 bits per heavy atom. The van der Waals surface area contributed by atoms with Crippen LogP contribution in [0.3, 0.4) is 0 Å². The molecular formula is C17H15FN2O3. The van der Waals surface area contributed by atoms with Crippen molar-refractivity contribution in [2.45, 2.75) is 18.9 Å². The number of benzene rings is 1. The van der Waals surface area contributed by atoms with Crippen molar-refractivity contribution in [1.29, 1.82) is 0 Å². The van der Waals surface area contributed by atoms with Gasteiger partial charge in [0.25, 0.3) is 0 Å². The van der Waals surface area contributed by atoms with E-state index in [2.05, 4.69) is 4.98 Å². The second-order valence-corrected chi connectivity index (χ2v) is 5.44. The molecule has 118 valence electrons. The first-order chi connectivity index (χ1) is 11.0. The number of Topliss-reactive ketones (excluding diaryl/α,β-unsaturated/α-hetero) is 1. The number of ketones is 1. The van der Waals surface area contributed by atoms with Crippen LogP contribution in [0.2, 0.25) is 0 Å². The summed E-state index contributed by atoms with van der Waals surface area (Å²) < 4.78 is 13.3. The van der Waals surface area contributed by atoms with E-state index in [-0.39, 0.29) is 31.0 Å². The lowest BCUT2D eigenvalue weighted by Crippen LogP contribution is -2.38. The molecule has 0 saturated carbocycles. The van der Waals surface area contributed by atoms with Gasteiger partial charge in [-0.2, -0.15) is 0 Å². The SMILES string of the molecule is O=C1CCN(C(=O)O)C1Cc1cccc(-c2cccc(F)c2)n1. The summed E-state index contributed by atoms with van der Waals surface area (Å²) in [6.45, 7) is 0.225. The highest BCUT2D eigenvalue weighted by atomic mass is 19.1. The first-order valence-electron chi connectivity index (χ1n) is 7.29. The van der Waals surface area contributed by atoms with Crippen molar-refractivity contribution in [3.8, 4) is 11.3 Å². The lowest BCUT2D eigenvalue weighted by molar-refractivity contribution is -0.119. The number of carboxylic acid groups (broad SMARTS) is 1. The zero-order chi connectivity index (χ0) is 16.4. The fourth-order valence-corrected chi connectivity index (χ4v) is 2.78. The number of aromatic nitrogens is 1. The maximum atomic E-state index is 13.3. The van der Waals surface area contributed by atoms with Crippen LogP contribution in [0.5, 0.6) is 0 Å². The highest BCUT2D eigenvalue weighted by molar-refractivity contribution is 5.90. The molecule has 0 aliphatic carbocycles. The first-order valence-corrected chi connectivity index (χ1v) is 7.29. The molecule has 2 aromatic rings. The fraction of sp³-hybridized carbons (Fsp3) is 0.235. The van der Waals surface area contributed by atoms with Gasteiger partial charge in [-0.3, -0.25) is 14.7 Å². The highest BCUT2D eigenvalue weighted by Gasteiger charge is 2.35. The molecule has 0 radical (unpaired) electrons. The minimum Gasteiger partial charge on any atom is -0.465 e. The molecule has 1 amide bonds. The van der Waals surface area contributed by atoms with E-state index in [9.17, 15) is 14.0 Å². The molecule has 1 saturated heterocycles. The third-order valence-electron chi connectivity index (χ3n) is 3.92. The molecule has 0 bridgehead atoms. The van der Waals surface area contributed by atoms with Gasteiger partial charge in [0.2, 0.25) is 0 Å². The van der Waals surface area contributed by atoms with Gasteiger partial charge in [-0.1, -0.05) is 18.2 Å².